The van der Waals surface area contributed by atoms with Gasteiger partial charge in [-0.1, -0.05) is 54.3 Å². The fraction of sp³-hybridized carbons (Fsp3) is 0. The van der Waals surface area contributed by atoms with Gasteiger partial charge in [-0.25, -0.2) is 4.79 Å². The number of fused-ring (bicyclic) bond motifs is 1. The highest BCUT2D eigenvalue weighted by atomic mass is 16.4. The lowest BCUT2D eigenvalue weighted by atomic mass is 10.0. The van der Waals surface area contributed by atoms with Gasteiger partial charge >= 0.3 is 5.97 Å². The molecule has 3 aromatic rings. The van der Waals surface area contributed by atoms with Crippen LogP contribution >= 0.6 is 0 Å². The lowest BCUT2D eigenvalue weighted by Crippen LogP contribution is -1.98. The molecule has 4 heteroatoms. The Labute approximate surface area is 127 Å². The Kier molecular flexibility index (Phi) is 3.58. The van der Waals surface area contributed by atoms with Gasteiger partial charge in [0.15, 0.2) is 0 Å². The Morgan fingerprint density at radius 2 is 1.73 bits per heavy atom. The van der Waals surface area contributed by atoms with Gasteiger partial charge in [0, 0.05) is 6.21 Å². The summed E-state index contributed by atoms with van der Waals surface area (Å²) < 4.78 is 0. The molecule has 3 rings (SSSR count). The van der Waals surface area contributed by atoms with Crippen LogP contribution in [0.4, 0.5) is 5.69 Å². The summed E-state index contributed by atoms with van der Waals surface area (Å²) in [4.78, 5) is 15.4. The van der Waals surface area contributed by atoms with Gasteiger partial charge in [-0.15, -0.1) is 0 Å². The van der Waals surface area contributed by atoms with E-state index < -0.39 is 5.97 Å². The standard InChI is InChI=1S/C18H13NO3/c20-17-10-9-12-5-1-2-6-13(12)15(17)11-19-16-8-4-3-7-14(16)18(21)22/h1-11,20H,(H,21,22)/p-1. The molecule has 0 bridgehead atoms. The Morgan fingerprint density at radius 1 is 1.00 bits per heavy atom. The van der Waals surface area contributed by atoms with Gasteiger partial charge < -0.3 is 10.2 Å². The summed E-state index contributed by atoms with van der Waals surface area (Å²) in [6.07, 6.45) is 1.44. The third kappa shape index (κ3) is 2.54. The minimum Gasteiger partial charge on any atom is -0.872 e. The minimum atomic E-state index is -1.05. The van der Waals surface area contributed by atoms with Gasteiger partial charge in [-0.3, -0.25) is 4.99 Å². The summed E-state index contributed by atoms with van der Waals surface area (Å²) in [5.41, 5.74) is 0.882. The number of aliphatic imine (C=N–C) groups is 1. The molecule has 0 radical (unpaired) electrons. The SMILES string of the molecule is O=C(O)c1ccccc1N=Cc1c([O-])ccc2ccccc12. The number of benzene rings is 3. The van der Waals surface area contributed by atoms with Gasteiger partial charge in [0.1, 0.15) is 0 Å². The van der Waals surface area contributed by atoms with Crippen molar-refractivity contribution in [3.05, 3.63) is 71.8 Å². The lowest BCUT2D eigenvalue weighted by molar-refractivity contribution is -0.268. The van der Waals surface area contributed by atoms with E-state index in [2.05, 4.69) is 4.99 Å². The number of carbonyl (C=O) groups is 1. The van der Waals surface area contributed by atoms with Gasteiger partial charge in [-0.05, 0) is 28.5 Å². The second-order valence-corrected chi connectivity index (χ2v) is 4.78. The van der Waals surface area contributed by atoms with Gasteiger partial charge in [0.2, 0.25) is 0 Å². The number of carboxylic acid groups (broad SMARTS) is 1. The van der Waals surface area contributed by atoms with Crippen LogP contribution in [0.25, 0.3) is 10.8 Å². The van der Waals surface area contributed by atoms with E-state index in [0.29, 0.717) is 11.3 Å². The number of rotatable bonds is 3. The first-order valence-corrected chi connectivity index (χ1v) is 6.72. The van der Waals surface area contributed by atoms with E-state index in [9.17, 15) is 9.90 Å². The number of hydrogen-bond acceptors (Lipinski definition) is 3. The molecule has 22 heavy (non-hydrogen) atoms. The molecule has 0 saturated carbocycles. The first-order valence-electron chi connectivity index (χ1n) is 6.72. The second kappa shape index (κ2) is 5.69. The van der Waals surface area contributed by atoms with E-state index in [0.717, 1.165) is 10.8 Å². The van der Waals surface area contributed by atoms with E-state index in [1.165, 1.54) is 18.3 Å². The Bertz CT molecular complexity index is 884. The fourth-order valence-corrected chi connectivity index (χ4v) is 2.31. The van der Waals surface area contributed by atoms with Crippen molar-refractivity contribution in [1.29, 1.82) is 0 Å². The van der Waals surface area contributed by atoms with Crippen LogP contribution in [0.5, 0.6) is 5.75 Å². The number of carboxylic acids is 1. The van der Waals surface area contributed by atoms with Crippen molar-refractivity contribution < 1.29 is 15.0 Å². The molecule has 0 saturated heterocycles. The fourth-order valence-electron chi connectivity index (χ4n) is 2.31. The third-order valence-electron chi connectivity index (χ3n) is 3.40. The van der Waals surface area contributed by atoms with Crippen molar-refractivity contribution in [2.24, 2.45) is 4.99 Å². The molecule has 0 aliphatic heterocycles. The number of para-hydroxylation sites is 1. The lowest BCUT2D eigenvalue weighted by Gasteiger charge is -2.12. The molecule has 1 N–H and O–H groups in total. The minimum absolute atomic E-state index is 0.103. The Morgan fingerprint density at radius 3 is 2.55 bits per heavy atom. The highest BCUT2D eigenvalue weighted by molar-refractivity contribution is 6.03. The maximum atomic E-state index is 12.1. The molecule has 0 unspecified atom stereocenters. The van der Waals surface area contributed by atoms with E-state index in [-0.39, 0.29) is 11.3 Å². The van der Waals surface area contributed by atoms with E-state index in [1.807, 2.05) is 24.3 Å². The number of aromatic carboxylic acids is 1. The highest BCUT2D eigenvalue weighted by Crippen LogP contribution is 2.25. The van der Waals surface area contributed by atoms with Gasteiger partial charge in [0.05, 0.1) is 11.3 Å². The first kappa shape index (κ1) is 13.8. The molecule has 0 fully saturated rings. The van der Waals surface area contributed by atoms with Gasteiger partial charge in [0.25, 0.3) is 0 Å². The predicted octanol–water partition coefficient (Wildman–Crippen LogP) is 3.36. The van der Waals surface area contributed by atoms with Crippen molar-refractivity contribution in [2.45, 2.75) is 0 Å². The second-order valence-electron chi connectivity index (χ2n) is 4.78. The molecule has 4 nitrogen and oxygen atoms in total. The normalized spacial score (nSPS) is 11.1. The summed E-state index contributed by atoms with van der Waals surface area (Å²) in [5.74, 6) is -1.19. The summed E-state index contributed by atoms with van der Waals surface area (Å²) in [5, 5.41) is 23.0. The van der Waals surface area contributed by atoms with Crippen LogP contribution in [-0.2, 0) is 0 Å². The molecular weight excluding hydrogens is 278 g/mol. The average Bonchev–Trinajstić information content (AvgIpc) is 2.54. The molecule has 108 valence electrons. The number of nitrogens with zero attached hydrogens (tertiary/aromatic N) is 1. The molecule has 0 aliphatic carbocycles. The van der Waals surface area contributed by atoms with Crippen LogP contribution in [0.1, 0.15) is 15.9 Å². The average molecular weight is 290 g/mol. The summed E-state index contributed by atoms with van der Waals surface area (Å²) >= 11 is 0. The van der Waals surface area contributed by atoms with Crippen LogP contribution in [-0.4, -0.2) is 17.3 Å². The van der Waals surface area contributed by atoms with Crippen molar-refractivity contribution in [1.82, 2.24) is 0 Å². The molecule has 0 spiro atoms. The molecule has 0 aliphatic rings. The molecule has 3 aromatic carbocycles. The van der Waals surface area contributed by atoms with E-state index in [4.69, 9.17) is 5.11 Å². The molecule has 0 heterocycles. The van der Waals surface area contributed by atoms with Crippen molar-refractivity contribution >= 4 is 28.6 Å². The molecule has 0 aromatic heterocycles. The van der Waals surface area contributed by atoms with Crippen LogP contribution in [0, 0.1) is 0 Å². The van der Waals surface area contributed by atoms with Crippen molar-refractivity contribution in [3.63, 3.8) is 0 Å². The first-order chi connectivity index (χ1) is 10.7. The maximum Gasteiger partial charge on any atom is 0.337 e. The monoisotopic (exact) mass is 290 g/mol. The predicted molar refractivity (Wildman–Crippen MR) is 84.0 cm³/mol. The van der Waals surface area contributed by atoms with Crippen LogP contribution in [0.15, 0.2) is 65.7 Å². The Balaban J connectivity index is 2.11. The summed E-state index contributed by atoms with van der Waals surface area (Å²) in [7, 11) is 0. The van der Waals surface area contributed by atoms with E-state index in [1.54, 1.807) is 24.3 Å². The van der Waals surface area contributed by atoms with Crippen LogP contribution in [0.3, 0.4) is 0 Å². The zero-order chi connectivity index (χ0) is 15.5. The quantitative estimate of drug-likeness (QED) is 0.752. The largest absolute Gasteiger partial charge is 0.872 e. The third-order valence-corrected chi connectivity index (χ3v) is 3.40. The molecule has 0 amide bonds. The summed E-state index contributed by atoms with van der Waals surface area (Å²) in [6.45, 7) is 0. The van der Waals surface area contributed by atoms with Crippen molar-refractivity contribution in [2.75, 3.05) is 0 Å². The number of hydrogen-bond donors (Lipinski definition) is 1. The highest BCUT2D eigenvalue weighted by Gasteiger charge is 2.07. The zero-order valence-corrected chi connectivity index (χ0v) is 11.6. The molecule has 0 atom stereocenters. The van der Waals surface area contributed by atoms with Crippen molar-refractivity contribution in [3.8, 4) is 5.75 Å². The summed E-state index contributed by atoms with van der Waals surface area (Å²) in [6, 6.07) is 17.2. The topological polar surface area (TPSA) is 72.7 Å². The van der Waals surface area contributed by atoms with Gasteiger partial charge in [-0.2, -0.15) is 0 Å². The smallest absolute Gasteiger partial charge is 0.337 e. The van der Waals surface area contributed by atoms with Crippen LogP contribution in [0.2, 0.25) is 0 Å². The van der Waals surface area contributed by atoms with E-state index >= 15 is 0 Å². The maximum absolute atomic E-state index is 12.1. The zero-order valence-electron chi connectivity index (χ0n) is 11.6. The molecular formula is C18H12NO3-. The van der Waals surface area contributed by atoms with Crippen LogP contribution < -0.4 is 5.11 Å². The Hall–Kier alpha value is -3.14.